The number of carbonyl (C=O) groups is 3. The molecule has 3 aliphatic rings. The van der Waals surface area contributed by atoms with Crippen molar-refractivity contribution in [3.8, 4) is 11.5 Å². The zero-order chi connectivity index (χ0) is 34.5. The van der Waals surface area contributed by atoms with Crippen LogP contribution >= 0.6 is 0 Å². The van der Waals surface area contributed by atoms with Crippen LogP contribution in [-0.2, 0) is 26.5 Å². The Bertz CT molecular complexity index is 1930. The van der Waals surface area contributed by atoms with Gasteiger partial charge in [-0.2, -0.15) is 0 Å². The lowest BCUT2D eigenvalue weighted by Gasteiger charge is -2.31. The second-order valence-electron chi connectivity index (χ2n) is 13.4. The SMILES string of the molecule is C[C@H]1[C@H]([Si](C)(C)F)[C@@H](CC(=O)N(CCO)Cc2ccccc2)O[C@]12C(=O)Nc1ccc(N3C(=O)c4ccccc4Oc4ccccc43)cc12. The van der Waals surface area contributed by atoms with Crippen LogP contribution in [0.2, 0.25) is 18.6 Å². The number of hydrogen-bond donors (Lipinski definition) is 2. The van der Waals surface area contributed by atoms with E-state index in [1.165, 1.54) is 0 Å². The maximum Gasteiger partial charge on any atom is 0.266 e. The van der Waals surface area contributed by atoms with Gasteiger partial charge >= 0.3 is 0 Å². The predicted molar refractivity (Wildman–Crippen MR) is 186 cm³/mol. The average Bonchev–Trinajstić information content (AvgIpc) is 3.49. The molecule has 4 atom stereocenters. The third kappa shape index (κ3) is 5.61. The maximum atomic E-state index is 16.3. The van der Waals surface area contributed by atoms with Crippen LogP contribution in [0.3, 0.4) is 0 Å². The van der Waals surface area contributed by atoms with Crippen molar-refractivity contribution in [2.24, 2.45) is 5.92 Å². The second-order valence-corrected chi connectivity index (χ2v) is 17.2. The minimum Gasteiger partial charge on any atom is -0.454 e. The van der Waals surface area contributed by atoms with Gasteiger partial charge in [-0.3, -0.25) is 19.3 Å². The molecular formula is C38H38FN3O6Si. The number of fused-ring (bicyclic) bond motifs is 4. The molecule has 252 valence electrons. The van der Waals surface area contributed by atoms with Gasteiger partial charge in [-0.05, 0) is 61.1 Å². The van der Waals surface area contributed by atoms with Crippen LogP contribution < -0.4 is 15.0 Å². The van der Waals surface area contributed by atoms with E-state index in [2.05, 4.69) is 5.32 Å². The molecule has 9 nitrogen and oxygen atoms in total. The molecule has 0 aliphatic carbocycles. The highest BCUT2D eigenvalue weighted by atomic mass is 28.4. The van der Waals surface area contributed by atoms with Gasteiger partial charge in [0.25, 0.3) is 11.8 Å². The number of aliphatic hydroxyl groups excluding tert-OH is 1. The van der Waals surface area contributed by atoms with Gasteiger partial charge in [0.1, 0.15) is 5.75 Å². The van der Waals surface area contributed by atoms with Gasteiger partial charge < -0.3 is 28.9 Å². The van der Waals surface area contributed by atoms with Crippen LogP contribution in [0.5, 0.6) is 11.5 Å². The second kappa shape index (κ2) is 12.6. The molecule has 3 amide bonds. The molecule has 2 N–H and O–H groups in total. The summed E-state index contributed by atoms with van der Waals surface area (Å²) < 4.78 is 29.2. The van der Waals surface area contributed by atoms with E-state index in [1.807, 2.05) is 49.4 Å². The van der Waals surface area contributed by atoms with Gasteiger partial charge in [0.2, 0.25) is 14.3 Å². The van der Waals surface area contributed by atoms with Crippen molar-refractivity contribution in [1.29, 1.82) is 0 Å². The number of benzene rings is 4. The quantitative estimate of drug-likeness (QED) is 0.155. The van der Waals surface area contributed by atoms with E-state index < -0.39 is 37.5 Å². The number of halogens is 1. The monoisotopic (exact) mass is 679 g/mol. The van der Waals surface area contributed by atoms with Crippen LogP contribution in [-0.4, -0.2) is 55.4 Å². The summed E-state index contributed by atoms with van der Waals surface area (Å²) in [5.41, 5.74) is 0.966. The van der Waals surface area contributed by atoms with Crippen molar-refractivity contribution in [2.45, 2.75) is 50.2 Å². The minimum absolute atomic E-state index is 0.104. The number of aliphatic hydroxyl groups is 1. The summed E-state index contributed by atoms with van der Waals surface area (Å²) in [6.45, 7) is 5.13. The van der Waals surface area contributed by atoms with Crippen molar-refractivity contribution >= 4 is 43.2 Å². The van der Waals surface area contributed by atoms with Crippen molar-refractivity contribution < 1.29 is 33.1 Å². The van der Waals surface area contributed by atoms with E-state index in [-0.39, 0.29) is 37.9 Å². The fraction of sp³-hybridized carbons (Fsp3) is 0.289. The molecule has 3 aliphatic heterocycles. The first kappa shape index (κ1) is 32.7. The molecule has 1 saturated heterocycles. The largest absolute Gasteiger partial charge is 0.454 e. The first-order valence-corrected chi connectivity index (χ1v) is 19.4. The molecule has 0 bridgehead atoms. The third-order valence-electron chi connectivity index (χ3n) is 9.92. The molecule has 11 heteroatoms. The van der Waals surface area contributed by atoms with Crippen molar-refractivity contribution in [2.75, 3.05) is 23.4 Å². The third-order valence-corrected chi connectivity index (χ3v) is 12.4. The molecule has 49 heavy (non-hydrogen) atoms. The number of amides is 3. The lowest BCUT2D eigenvalue weighted by atomic mass is 9.82. The van der Waals surface area contributed by atoms with E-state index in [0.29, 0.717) is 39.7 Å². The Morgan fingerprint density at radius 3 is 2.41 bits per heavy atom. The molecule has 0 saturated carbocycles. The topological polar surface area (TPSA) is 108 Å². The van der Waals surface area contributed by atoms with E-state index in [1.54, 1.807) is 77.5 Å². The summed E-state index contributed by atoms with van der Waals surface area (Å²) in [6, 6.07) is 28.9. The lowest BCUT2D eigenvalue weighted by Crippen LogP contribution is -2.42. The summed E-state index contributed by atoms with van der Waals surface area (Å²) in [6.07, 6.45) is -1.05. The van der Waals surface area contributed by atoms with Crippen LogP contribution in [0, 0.1) is 5.92 Å². The average molecular weight is 680 g/mol. The summed E-state index contributed by atoms with van der Waals surface area (Å²) in [5.74, 6) is -0.759. The summed E-state index contributed by atoms with van der Waals surface area (Å²) in [7, 11) is -3.55. The highest BCUT2D eigenvalue weighted by Gasteiger charge is 2.65. The van der Waals surface area contributed by atoms with Crippen molar-refractivity contribution in [3.05, 3.63) is 114 Å². The van der Waals surface area contributed by atoms with Crippen molar-refractivity contribution in [3.63, 3.8) is 0 Å². The number of nitrogens with zero attached hydrogens (tertiary/aromatic N) is 2. The molecule has 1 spiro atoms. The molecule has 7 rings (SSSR count). The highest BCUT2D eigenvalue weighted by molar-refractivity contribution is 6.72. The number of nitrogens with one attached hydrogen (secondary N) is 1. The smallest absolute Gasteiger partial charge is 0.266 e. The number of anilines is 3. The standard InChI is InChI=1S/C38H38FN3O6Si/c1-24-35(49(2,3)39)33(22-34(44)41(19-20-43)23-25-11-5-4-6-12-25)48-38(24)28-21-26(17-18-29(28)40-37(38)46)42-30-14-8-10-16-32(30)47-31-15-9-7-13-27(31)36(42)45/h4-18,21,24,33,35,43H,19-20,22-23H2,1-3H3,(H,40,46)/t24-,33+,35-,38+/m0/s1. The van der Waals surface area contributed by atoms with E-state index in [4.69, 9.17) is 9.47 Å². The Hall–Kier alpha value is -4.84. The number of ether oxygens (including phenoxy) is 2. The van der Waals surface area contributed by atoms with Gasteiger partial charge in [-0.15, -0.1) is 0 Å². The molecule has 4 aromatic rings. The molecule has 0 aromatic heterocycles. The van der Waals surface area contributed by atoms with Gasteiger partial charge in [0, 0.05) is 41.5 Å². The number of rotatable bonds is 8. The van der Waals surface area contributed by atoms with Gasteiger partial charge in [-0.25, -0.2) is 0 Å². The fourth-order valence-electron chi connectivity index (χ4n) is 7.78. The molecule has 4 aromatic carbocycles. The Labute approximate surface area is 285 Å². The van der Waals surface area contributed by atoms with Crippen LogP contribution in [0.15, 0.2) is 97.1 Å². The number of carbonyl (C=O) groups excluding carboxylic acids is 3. The van der Waals surface area contributed by atoms with E-state index in [0.717, 1.165) is 5.56 Å². The maximum absolute atomic E-state index is 16.3. The van der Waals surface area contributed by atoms with Crippen LogP contribution in [0.1, 0.15) is 34.8 Å². The first-order chi connectivity index (χ1) is 23.5. The minimum atomic E-state index is -3.55. The lowest BCUT2D eigenvalue weighted by molar-refractivity contribution is -0.148. The van der Waals surface area contributed by atoms with Gasteiger partial charge in [0.15, 0.2) is 11.4 Å². The summed E-state index contributed by atoms with van der Waals surface area (Å²) in [4.78, 5) is 45.1. The van der Waals surface area contributed by atoms with Crippen LogP contribution in [0.4, 0.5) is 21.2 Å². The summed E-state index contributed by atoms with van der Waals surface area (Å²) in [5, 5.41) is 12.7. The zero-order valence-electron chi connectivity index (χ0n) is 27.6. The molecule has 0 unspecified atom stereocenters. The number of para-hydroxylation sites is 3. The molecule has 0 radical (unpaired) electrons. The molecule has 1 fully saturated rings. The van der Waals surface area contributed by atoms with Gasteiger partial charge in [0.05, 0.1) is 30.4 Å². The zero-order valence-corrected chi connectivity index (χ0v) is 28.6. The van der Waals surface area contributed by atoms with E-state index >= 15 is 4.11 Å². The number of hydrogen-bond acceptors (Lipinski definition) is 6. The molecular weight excluding hydrogens is 642 g/mol. The Morgan fingerprint density at radius 1 is 0.980 bits per heavy atom. The molecule has 3 heterocycles. The predicted octanol–water partition coefficient (Wildman–Crippen LogP) is 6.91. The Balaban J connectivity index is 1.27. The van der Waals surface area contributed by atoms with E-state index in [9.17, 15) is 19.5 Å². The first-order valence-electron chi connectivity index (χ1n) is 16.5. The summed E-state index contributed by atoms with van der Waals surface area (Å²) >= 11 is 0. The van der Waals surface area contributed by atoms with Gasteiger partial charge in [-0.1, -0.05) is 61.5 Å². The normalized spacial score (nSPS) is 22.6. The Kier molecular flexibility index (Phi) is 8.38. The van der Waals surface area contributed by atoms with Crippen LogP contribution in [0.25, 0.3) is 0 Å². The fourth-order valence-corrected chi connectivity index (χ4v) is 10.3. The highest BCUT2D eigenvalue weighted by Crippen LogP contribution is 2.59. The Morgan fingerprint density at radius 2 is 1.67 bits per heavy atom. The van der Waals surface area contributed by atoms with Crippen molar-refractivity contribution in [1.82, 2.24) is 4.90 Å².